The predicted octanol–water partition coefficient (Wildman–Crippen LogP) is 3.62. The molecule has 0 radical (unpaired) electrons. The van der Waals surface area contributed by atoms with Crippen molar-refractivity contribution in [2.75, 3.05) is 54.8 Å². The molecule has 4 heterocycles. The monoisotopic (exact) mass is 513 g/mol. The molecule has 0 spiro atoms. The van der Waals surface area contributed by atoms with E-state index in [1.54, 1.807) is 0 Å². The number of amides is 1. The number of anilines is 3. The molecule has 0 aliphatic carbocycles. The van der Waals surface area contributed by atoms with Crippen molar-refractivity contribution < 1.29 is 9.53 Å². The molecular formula is C26H36ClN7O2. The van der Waals surface area contributed by atoms with Gasteiger partial charge >= 0.3 is 6.09 Å². The summed E-state index contributed by atoms with van der Waals surface area (Å²) >= 11 is 6.10. The molecule has 194 valence electrons. The van der Waals surface area contributed by atoms with Crippen LogP contribution >= 0.6 is 11.6 Å². The molecule has 2 bridgehead atoms. The smallest absolute Gasteiger partial charge is 0.410 e. The van der Waals surface area contributed by atoms with Crippen LogP contribution in [0.2, 0.25) is 5.15 Å². The van der Waals surface area contributed by atoms with Gasteiger partial charge in [0, 0.05) is 69.7 Å². The van der Waals surface area contributed by atoms with Crippen LogP contribution in [0.15, 0.2) is 30.3 Å². The van der Waals surface area contributed by atoms with E-state index in [2.05, 4.69) is 49.2 Å². The van der Waals surface area contributed by atoms with E-state index in [9.17, 15) is 4.79 Å². The Morgan fingerprint density at radius 2 is 1.78 bits per heavy atom. The standard InChI is InChI=1S/C26H36ClN7O2/c1-26(2,3)36-25(35)32-11-9-31(10-12-32)15-18-5-4-6-19(13-18)34-20-7-8-21(34)17-33(16-20)22-14-23(27)29-30-24(22)28/h4-6,13-14,20-21H,7-12,15-17H2,1-3H3,(H2,28,30). The number of aromatic nitrogens is 2. The third-order valence-corrected chi connectivity index (χ3v) is 7.42. The maximum atomic E-state index is 12.4. The molecule has 1 aromatic heterocycles. The van der Waals surface area contributed by atoms with Crippen molar-refractivity contribution in [3.05, 3.63) is 41.0 Å². The van der Waals surface area contributed by atoms with Gasteiger partial charge in [-0.3, -0.25) is 4.90 Å². The zero-order valence-electron chi connectivity index (χ0n) is 21.4. The summed E-state index contributed by atoms with van der Waals surface area (Å²) in [6, 6.07) is 11.6. The number of carbonyl (C=O) groups is 1. The van der Waals surface area contributed by atoms with Crippen LogP contribution in [-0.2, 0) is 11.3 Å². The highest BCUT2D eigenvalue weighted by molar-refractivity contribution is 6.29. The van der Waals surface area contributed by atoms with Gasteiger partial charge in [0.15, 0.2) is 11.0 Å². The van der Waals surface area contributed by atoms with Crippen molar-refractivity contribution in [3.8, 4) is 0 Å². The first-order valence-corrected chi connectivity index (χ1v) is 13.2. The number of hydrogen-bond donors (Lipinski definition) is 1. The molecule has 9 nitrogen and oxygen atoms in total. The molecular weight excluding hydrogens is 478 g/mol. The lowest BCUT2D eigenvalue weighted by molar-refractivity contribution is 0.0139. The van der Waals surface area contributed by atoms with Gasteiger partial charge in [-0.2, -0.15) is 0 Å². The number of piperazine rings is 2. The van der Waals surface area contributed by atoms with Crippen molar-refractivity contribution in [2.45, 2.75) is 57.8 Å². The van der Waals surface area contributed by atoms with Crippen LogP contribution in [0.5, 0.6) is 0 Å². The molecule has 5 rings (SSSR count). The van der Waals surface area contributed by atoms with E-state index in [1.165, 1.54) is 11.3 Å². The Hall–Kier alpha value is -2.78. The largest absolute Gasteiger partial charge is 0.444 e. The molecule has 2 N–H and O–H groups in total. The number of nitrogens with zero attached hydrogens (tertiary/aromatic N) is 6. The summed E-state index contributed by atoms with van der Waals surface area (Å²) in [4.78, 5) is 21.5. The number of hydrogen-bond acceptors (Lipinski definition) is 8. The highest BCUT2D eigenvalue weighted by atomic mass is 35.5. The van der Waals surface area contributed by atoms with Crippen LogP contribution < -0.4 is 15.5 Å². The highest BCUT2D eigenvalue weighted by Gasteiger charge is 2.40. The van der Waals surface area contributed by atoms with Crippen LogP contribution in [0, 0.1) is 0 Å². The summed E-state index contributed by atoms with van der Waals surface area (Å²) in [6.07, 6.45) is 2.10. The summed E-state index contributed by atoms with van der Waals surface area (Å²) in [5, 5.41) is 8.23. The molecule has 2 unspecified atom stereocenters. The van der Waals surface area contributed by atoms with E-state index in [0.717, 1.165) is 51.3 Å². The van der Waals surface area contributed by atoms with Crippen LogP contribution in [-0.4, -0.2) is 83.0 Å². The highest BCUT2D eigenvalue weighted by Crippen LogP contribution is 2.38. The van der Waals surface area contributed by atoms with E-state index in [1.807, 2.05) is 31.7 Å². The van der Waals surface area contributed by atoms with E-state index < -0.39 is 5.60 Å². The van der Waals surface area contributed by atoms with Crippen molar-refractivity contribution in [3.63, 3.8) is 0 Å². The predicted molar refractivity (Wildman–Crippen MR) is 142 cm³/mol. The van der Waals surface area contributed by atoms with Gasteiger partial charge in [-0.15, -0.1) is 10.2 Å². The van der Waals surface area contributed by atoms with Gasteiger partial charge in [0.1, 0.15) is 5.60 Å². The Labute approximate surface area is 218 Å². The molecule has 0 saturated carbocycles. The molecule has 10 heteroatoms. The lowest BCUT2D eigenvalue weighted by atomic mass is 10.1. The minimum atomic E-state index is -0.464. The zero-order valence-corrected chi connectivity index (χ0v) is 22.1. The number of carbonyl (C=O) groups excluding carboxylic acids is 1. The molecule has 3 aliphatic heterocycles. The van der Waals surface area contributed by atoms with Gasteiger partial charge in [0.05, 0.1) is 5.69 Å². The van der Waals surface area contributed by atoms with Gasteiger partial charge in [0.25, 0.3) is 0 Å². The number of rotatable bonds is 4. The van der Waals surface area contributed by atoms with Crippen LogP contribution in [0.4, 0.5) is 22.0 Å². The lowest BCUT2D eigenvalue weighted by Crippen LogP contribution is -2.54. The summed E-state index contributed by atoms with van der Waals surface area (Å²) in [7, 11) is 0. The van der Waals surface area contributed by atoms with E-state index >= 15 is 0 Å². The molecule has 2 atom stereocenters. The van der Waals surface area contributed by atoms with E-state index in [-0.39, 0.29) is 6.09 Å². The Balaban J connectivity index is 1.21. The first-order valence-electron chi connectivity index (χ1n) is 12.8. The number of fused-ring (bicyclic) bond motifs is 2. The number of benzene rings is 1. The summed E-state index contributed by atoms with van der Waals surface area (Å²) < 4.78 is 5.53. The molecule has 1 amide bonds. The number of nitrogens with two attached hydrogens (primary N) is 1. The fourth-order valence-electron chi connectivity index (χ4n) is 5.63. The van der Waals surface area contributed by atoms with Gasteiger partial charge in [-0.1, -0.05) is 23.7 Å². The number of nitrogen functional groups attached to an aromatic ring is 1. The fraction of sp³-hybridized carbons (Fsp3) is 0.577. The van der Waals surface area contributed by atoms with Crippen LogP contribution in [0.25, 0.3) is 0 Å². The average molecular weight is 514 g/mol. The zero-order chi connectivity index (χ0) is 25.4. The SMILES string of the molecule is CC(C)(C)OC(=O)N1CCN(Cc2cccc(N3C4CCC3CN(c3cc(Cl)nnc3N)C4)c2)CC1. The van der Waals surface area contributed by atoms with Gasteiger partial charge in [0.2, 0.25) is 0 Å². The second-order valence-electron chi connectivity index (χ2n) is 11.0. The van der Waals surface area contributed by atoms with Crippen molar-refractivity contribution in [1.29, 1.82) is 0 Å². The number of ether oxygens (including phenoxy) is 1. The molecule has 2 aromatic rings. The maximum Gasteiger partial charge on any atom is 0.410 e. The molecule has 3 saturated heterocycles. The second-order valence-corrected chi connectivity index (χ2v) is 11.4. The Bertz CT molecular complexity index is 1090. The van der Waals surface area contributed by atoms with E-state index in [0.29, 0.717) is 36.1 Å². The van der Waals surface area contributed by atoms with Crippen LogP contribution in [0.3, 0.4) is 0 Å². The Morgan fingerprint density at radius 3 is 2.44 bits per heavy atom. The summed E-state index contributed by atoms with van der Waals surface area (Å²) in [5.74, 6) is 0.431. The van der Waals surface area contributed by atoms with Gasteiger partial charge < -0.3 is 25.2 Å². The third-order valence-electron chi connectivity index (χ3n) is 7.23. The van der Waals surface area contributed by atoms with E-state index in [4.69, 9.17) is 22.1 Å². The average Bonchev–Trinajstić information content (AvgIpc) is 3.09. The lowest BCUT2D eigenvalue weighted by Gasteiger charge is -2.43. The number of halogens is 1. The normalized spacial score (nSPS) is 22.7. The minimum Gasteiger partial charge on any atom is -0.444 e. The summed E-state index contributed by atoms with van der Waals surface area (Å²) in [6.45, 7) is 11.4. The van der Waals surface area contributed by atoms with Crippen molar-refractivity contribution in [2.24, 2.45) is 0 Å². The second kappa shape index (κ2) is 9.94. The summed E-state index contributed by atoms with van der Waals surface area (Å²) in [5.41, 5.74) is 9.12. The molecule has 3 fully saturated rings. The molecule has 1 aromatic carbocycles. The topological polar surface area (TPSA) is 91.1 Å². The van der Waals surface area contributed by atoms with Crippen LogP contribution in [0.1, 0.15) is 39.2 Å². The van der Waals surface area contributed by atoms with Gasteiger partial charge in [-0.05, 0) is 51.3 Å². The first-order chi connectivity index (χ1) is 17.2. The minimum absolute atomic E-state index is 0.217. The quantitative estimate of drug-likeness (QED) is 0.663. The molecule has 3 aliphatic rings. The molecule has 36 heavy (non-hydrogen) atoms. The maximum absolute atomic E-state index is 12.4. The third kappa shape index (κ3) is 5.47. The Morgan fingerprint density at radius 1 is 1.08 bits per heavy atom. The fourth-order valence-corrected chi connectivity index (χ4v) is 5.77. The Kier molecular flexibility index (Phi) is 6.87. The van der Waals surface area contributed by atoms with Crippen molar-refractivity contribution >= 4 is 34.9 Å². The first kappa shape index (κ1) is 24.9. The van der Waals surface area contributed by atoms with Crippen molar-refractivity contribution in [1.82, 2.24) is 20.0 Å². The van der Waals surface area contributed by atoms with Gasteiger partial charge in [-0.25, -0.2) is 4.79 Å².